The zero-order chi connectivity index (χ0) is 20.1. The van der Waals surface area contributed by atoms with E-state index in [2.05, 4.69) is 29.4 Å². The van der Waals surface area contributed by atoms with Crippen LogP contribution in [0.3, 0.4) is 0 Å². The Morgan fingerprint density at radius 2 is 2.00 bits per heavy atom. The Morgan fingerprint density at radius 3 is 2.79 bits per heavy atom. The predicted octanol–water partition coefficient (Wildman–Crippen LogP) is 3.49. The van der Waals surface area contributed by atoms with Crippen molar-refractivity contribution < 1.29 is 9.53 Å². The summed E-state index contributed by atoms with van der Waals surface area (Å²) in [5, 5.41) is 4.76. The zero-order valence-electron chi connectivity index (χ0n) is 16.2. The van der Waals surface area contributed by atoms with Gasteiger partial charge in [-0.1, -0.05) is 44.2 Å². The van der Waals surface area contributed by atoms with Gasteiger partial charge in [0.15, 0.2) is 6.61 Å². The highest BCUT2D eigenvalue weighted by Crippen LogP contribution is 2.27. The number of nitrogens with one attached hydrogen (secondary N) is 2. The second-order valence-corrected chi connectivity index (χ2v) is 6.92. The van der Waals surface area contributed by atoms with Crippen LogP contribution in [0.4, 0.5) is 0 Å². The number of hydrogen-bond donors (Lipinski definition) is 2. The SMILES string of the molecule is Cc1ccc(C(C)C)c(OCC(=O)N/N=C/c2cc3ccccc3[nH]c2=O)c1. The first-order valence-electron chi connectivity index (χ1n) is 9.11. The van der Waals surface area contributed by atoms with Crippen molar-refractivity contribution in [3.8, 4) is 5.75 Å². The molecule has 3 rings (SSSR count). The van der Waals surface area contributed by atoms with E-state index in [1.807, 2.05) is 49.4 Å². The van der Waals surface area contributed by atoms with Gasteiger partial charge in [0.25, 0.3) is 11.5 Å². The van der Waals surface area contributed by atoms with Gasteiger partial charge in [-0.25, -0.2) is 5.43 Å². The van der Waals surface area contributed by atoms with Crippen molar-refractivity contribution in [2.75, 3.05) is 6.61 Å². The Kier molecular flexibility index (Phi) is 5.89. The van der Waals surface area contributed by atoms with Gasteiger partial charge >= 0.3 is 0 Å². The number of amides is 1. The Labute approximate surface area is 163 Å². The van der Waals surface area contributed by atoms with Crippen LogP contribution in [0.5, 0.6) is 5.75 Å². The lowest BCUT2D eigenvalue weighted by atomic mass is 10.0. The standard InChI is InChI=1S/C22H23N3O3/c1-14(2)18-9-8-15(3)10-20(18)28-13-21(26)25-23-12-17-11-16-6-4-5-7-19(16)24-22(17)27/h4-12,14H,13H2,1-3H3,(H,24,27)(H,25,26)/b23-12+. The summed E-state index contributed by atoms with van der Waals surface area (Å²) in [7, 11) is 0. The molecular formula is C22H23N3O3. The molecule has 0 aliphatic rings. The maximum absolute atomic E-state index is 12.1. The zero-order valence-corrected chi connectivity index (χ0v) is 16.2. The van der Waals surface area contributed by atoms with E-state index in [1.54, 1.807) is 6.07 Å². The fourth-order valence-corrected chi connectivity index (χ4v) is 2.85. The number of hydrogen-bond acceptors (Lipinski definition) is 4. The summed E-state index contributed by atoms with van der Waals surface area (Å²) < 4.78 is 5.67. The van der Waals surface area contributed by atoms with Gasteiger partial charge in [0.1, 0.15) is 5.75 Å². The van der Waals surface area contributed by atoms with E-state index in [0.717, 1.165) is 22.0 Å². The first kappa shape index (κ1) is 19.4. The molecule has 1 aromatic heterocycles. The normalized spacial score (nSPS) is 11.3. The predicted molar refractivity (Wildman–Crippen MR) is 111 cm³/mol. The third-order valence-corrected chi connectivity index (χ3v) is 4.32. The lowest BCUT2D eigenvalue weighted by Gasteiger charge is -2.14. The topological polar surface area (TPSA) is 83.5 Å². The number of nitrogens with zero attached hydrogens (tertiary/aromatic N) is 1. The van der Waals surface area contributed by atoms with Crippen molar-refractivity contribution in [3.05, 3.63) is 75.6 Å². The quantitative estimate of drug-likeness (QED) is 0.509. The molecule has 6 heteroatoms. The van der Waals surface area contributed by atoms with Crippen LogP contribution in [-0.4, -0.2) is 23.7 Å². The van der Waals surface area contributed by atoms with Crippen LogP contribution in [0.15, 0.2) is 58.4 Å². The monoisotopic (exact) mass is 377 g/mol. The molecule has 0 aliphatic carbocycles. The fraction of sp³-hybridized carbons (Fsp3) is 0.227. The van der Waals surface area contributed by atoms with Crippen molar-refractivity contribution in [1.29, 1.82) is 0 Å². The van der Waals surface area contributed by atoms with E-state index in [4.69, 9.17) is 4.74 Å². The van der Waals surface area contributed by atoms with E-state index in [9.17, 15) is 9.59 Å². The number of fused-ring (bicyclic) bond motifs is 1. The molecule has 0 aliphatic heterocycles. The van der Waals surface area contributed by atoms with Gasteiger partial charge in [0, 0.05) is 5.52 Å². The molecule has 0 saturated heterocycles. The number of aryl methyl sites for hydroxylation is 1. The maximum atomic E-state index is 12.1. The summed E-state index contributed by atoms with van der Waals surface area (Å²) in [5.74, 6) is 0.584. The molecule has 0 bridgehead atoms. The molecule has 0 unspecified atom stereocenters. The van der Waals surface area contributed by atoms with Crippen LogP contribution in [0.1, 0.15) is 36.5 Å². The van der Waals surface area contributed by atoms with E-state index in [0.29, 0.717) is 11.3 Å². The number of aromatic nitrogens is 1. The highest BCUT2D eigenvalue weighted by Gasteiger charge is 2.10. The Morgan fingerprint density at radius 1 is 1.21 bits per heavy atom. The van der Waals surface area contributed by atoms with Gasteiger partial charge < -0.3 is 9.72 Å². The van der Waals surface area contributed by atoms with Crippen LogP contribution in [0.2, 0.25) is 0 Å². The summed E-state index contributed by atoms with van der Waals surface area (Å²) >= 11 is 0. The van der Waals surface area contributed by atoms with Crippen LogP contribution in [-0.2, 0) is 4.79 Å². The molecule has 1 amide bonds. The molecule has 2 N–H and O–H groups in total. The largest absolute Gasteiger partial charge is 0.483 e. The third-order valence-electron chi connectivity index (χ3n) is 4.32. The number of rotatable bonds is 6. The molecule has 144 valence electrons. The highest BCUT2D eigenvalue weighted by atomic mass is 16.5. The van der Waals surface area contributed by atoms with Crippen LogP contribution >= 0.6 is 0 Å². The van der Waals surface area contributed by atoms with E-state index < -0.39 is 5.91 Å². The highest BCUT2D eigenvalue weighted by molar-refractivity contribution is 5.88. The van der Waals surface area contributed by atoms with Crippen LogP contribution < -0.4 is 15.7 Å². The second-order valence-electron chi connectivity index (χ2n) is 6.92. The Hall–Kier alpha value is -3.41. The molecule has 28 heavy (non-hydrogen) atoms. The average Bonchev–Trinajstić information content (AvgIpc) is 2.66. The van der Waals surface area contributed by atoms with Gasteiger partial charge in [0.05, 0.1) is 11.8 Å². The summed E-state index contributed by atoms with van der Waals surface area (Å²) in [6, 6.07) is 15.1. The number of aromatic amines is 1. The van der Waals surface area contributed by atoms with Crippen molar-refractivity contribution in [1.82, 2.24) is 10.4 Å². The third kappa shape index (κ3) is 4.65. The van der Waals surface area contributed by atoms with Crippen LogP contribution in [0.25, 0.3) is 10.9 Å². The van der Waals surface area contributed by atoms with Crippen molar-refractivity contribution >= 4 is 23.0 Å². The summed E-state index contributed by atoms with van der Waals surface area (Å²) in [5.41, 5.74) is 5.35. The number of benzene rings is 2. The van der Waals surface area contributed by atoms with Gasteiger partial charge in [-0.15, -0.1) is 0 Å². The van der Waals surface area contributed by atoms with Crippen molar-refractivity contribution in [3.63, 3.8) is 0 Å². The molecule has 0 spiro atoms. The molecule has 3 aromatic rings. The number of carbonyl (C=O) groups excluding carboxylic acids is 1. The lowest BCUT2D eigenvalue weighted by molar-refractivity contribution is -0.123. The van der Waals surface area contributed by atoms with E-state index in [-0.39, 0.29) is 18.1 Å². The summed E-state index contributed by atoms with van der Waals surface area (Å²) in [6.07, 6.45) is 1.33. The molecule has 0 fully saturated rings. The number of hydrazone groups is 1. The van der Waals surface area contributed by atoms with Crippen molar-refractivity contribution in [2.45, 2.75) is 26.7 Å². The molecule has 6 nitrogen and oxygen atoms in total. The molecule has 0 atom stereocenters. The average molecular weight is 377 g/mol. The lowest BCUT2D eigenvalue weighted by Crippen LogP contribution is -2.25. The fourth-order valence-electron chi connectivity index (χ4n) is 2.85. The minimum Gasteiger partial charge on any atom is -0.483 e. The molecular weight excluding hydrogens is 354 g/mol. The first-order valence-corrected chi connectivity index (χ1v) is 9.11. The molecule has 1 heterocycles. The van der Waals surface area contributed by atoms with Gasteiger partial charge in [-0.05, 0) is 47.6 Å². The number of para-hydroxylation sites is 1. The minimum atomic E-state index is -0.398. The number of ether oxygens (including phenoxy) is 1. The first-order chi connectivity index (χ1) is 13.4. The number of carbonyl (C=O) groups is 1. The minimum absolute atomic E-state index is 0.158. The Bertz CT molecular complexity index is 1080. The van der Waals surface area contributed by atoms with E-state index in [1.165, 1.54) is 6.21 Å². The number of pyridine rings is 1. The molecule has 0 radical (unpaired) electrons. The van der Waals surface area contributed by atoms with Gasteiger partial charge in [0.2, 0.25) is 0 Å². The smallest absolute Gasteiger partial charge is 0.277 e. The Balaban J connectivity index is 1.63. The van der Waals surface area contributed by atoms with Gasteiger partial charge in [-0.2, -0.15) is 5.10 Å². The van der Waals surface area contributed by atoms with Crippen LogP contribution in [0, 0.1) is 6.92 Å². The summed E-state index contributed by atoms with van der Waals surface area (Å²) in [6.45, 7) is 5.96. The van der Waals surface area contributed by atoms with Gasteiger partial charge in [-0.3, -0.25) is 9.59 Å². The molecule has 0 saturated carbocycles. The van der Waals surface area contributed by atoms with Crippen molar-refractivity contribution in [2.24, 2.45) is 5.10 Å². The van der Waals surface area contributed by atoms with E-state index >= 15 is 0 Å². The summed E-state index contributed by atoms with van der Waals surface area (Å²) in [4.78, 5) is 26.9. The maximum Gasteiger partial charge on any atom is 0.277 e. The molecule has 2 aromatic carbocycles. The number of H-pyrrole nitrogens is 1. The second kappa shape index (κ2) is 8.52.